The van der Waals surface area contributed by atoms with Crippen LogP contribution in [0.2, 0.25) is 0 Å². The molecule has 2 aliphatic heterocycles. The van der Waals surface area contributed by atoms with E-state index in [0.717, 1.165) is 87.0 Å². The number of aromatic nitrogens is 2. The Morgan fingerprint density at radius 1 is 0.911 bits per heavy atom. The van der Waals surface area contributed by atoms with E-state index >= 15 is 0 Å². The second kappa shape index (κ2) is 25.6. The van der Waals surface area contributed by atoms with E-state index in [4.69, 9.17) is 24.7 Å². The Bertz CT molecular complexity index is 1800. The molecule has 6 rings (SSSR count). The van der Waals surface area contributed by atoms with Crippen LogP contribution in [0, 0.1) is 34.5 Å². The second-order valence-electron chi connectivity index (χ2n) is 13.3. The lowest BCUT2D eigenvalue weighted by molar-refractivity contribution is -0.107. The Morgan fingerprint density at radius 2 is 1.55 bits per heavy atom. The molecule has 4 N–H and O–H groups in total. The van der Waals surface area contributed by atoms with Gasteiger partial charge in [-0.25, -0.2) is 0 Å². The number of carbonyl (C=O) groups is 3. The van der Waals surface area contributed by atoms with Crippen LogP contribution in [0.25, 0.3) is 21.3 Å². The van der Waals surface area contributed by atoms with Crippen molar-refractivity contribution < 1.29 is 33.6 Å². The molecule has 1 amide bonds. The van der Waals surface area contributed by atoms with E-state index in [9.17, 15) is 19.5 Å². The van der Waals surface area contributed by atoms with Crippen LogP contribution in [0.15, 0.2) is 56.2 Å². The number of aldehydes is 1. The number of nitrogens with zero attached hydrogens (tertiary/aromatic N) is 5. The number of Topliss-reactive ketones (excluding diaryl/α,β-unsaturated/α-hetero) is 1. The monoisotopic (exact) mass is 802 g/mol. The van der Waals surface area contributed by atoms with Gasteiger partial charge in [0.05, 0.1) is 45.9 Å². The molecule has 0 unspecified atom stereocenters. The number of likely N-dealkylation sites (tertiary alicyclic amines) is 1. The molecule has 4 atom stereocenters. The van der Waals surface area contributed by atoms with E-state index in [-0.39, 0.29) is 31.9 Å². The predicted octanol–water partition coefficient (Wildman–Crippen LogP) is 5.34. The van der Waals surface area contributed by atoms with E-state index in [1.807, 2.05) is 35.0 Å². The number of hydrogen-bond donors (Lipinski definition) is 4. The Balaban J connectivity index is 0.000000251. The van der Waals surface area contributed by atoms with Crippen LogP contribution in [0.1, 0.15) is 85.2 Å². The molecule has 0 bridgehead atoms. The minimum atomic E-state index is -0.537. The molecule has 2 saturated heterocycles. The van der Waals surface area contributed by atoms with Crippen molar-refractivity contribution in [3.05, 3.63) is 58.5 Å². The van der Waals surface area contributed by atoms with Crippen LogP contribution < -0.4 is 10.6 Å². The van der Waals surface area contributed by atoms with Gasteiger partial charge in [0.2, 0.25) is 0 Å². The van der Waals surface area contributed by atoms with Crippen molar-refractivity contribution in [3.63, 3.8) is 0 Å². The number of unbranched alkanes of at least 4 members (excludes halogenated alkanes) is 5. The molecule has 2 aliphatic rings. The van der Waals surface area contributed by atoms with Crippen molar-refractivity contribution in [2.45, 2.75) is 76.4 Å². The average molecular weight is 803 g/mol. The molecule has 297 valence electrons. The molecule has 17 heteroatoms. The minimum absolute atomic E-state index is 0. The maximum absolute atomic E-state index is 12.1. The van der Waals surface area contributed by atoms with Crippen LogP contribution in [0.5, 0.6) is 0 Å². The average Bonchev–Trinajstić information content (AvgIpc) is 4.05. The lowest BCUT2D eigenvalue weighted by Gasteiger charge is -2.32. The first-order valence-electron chi connectivity index (χ1n) is 18.7. The number of amides is 1. The zero-order chi connectivity index (χ0) is 39.3. The number of hydrogen-bond acceptors (Lipinski definition) is 15. The normalized spacial score (nSPS) is 19.1. The van der Waals surface area contributed by atoms with Gasteiger partial charge in [0.25, 0.3) is 5.91 Å². The van der Waals surface area contributed by atoms with Crippen LogP contribution in [-0.4, -0.2) is 103 Å². The molecule has 0 spiro atoms. The van der Waals surface area contributed by atoms with Gasteiger partial charge in [0.1, 0.15) is 12.0 Å². The summed E-state index contributed by atoms with van der Waals surface area (Å²) >= 11 is 3.09. The molecule has 2 fully saturated rings. The third-order valence-corrected chi connectivity index (χ3v) is 10.9. The summed E-state index contributed by atoms with van der Waals surface area (Å²) in [5.74, 6) is 0.650. The maximum atomic E-state index is 12.1. The third kappa shape index (κ3) is 15.2. The SMILES string of the molecule is N#C[C@H]1CCN(CCCCCNC(=O)c2cc(-c3cccs3)on2)C[C@@H]1O.N#C[C@H]1CCNC[C@@H]1O.O=CCCCCCC(=O)c1cc(-c2cccs2)on1.[B]. The van der Waals surface area contributed by atoms with Crippen molar-refractivity contribution in [2.24, 2.45) is 11.8 Å². The number of aliphatic hydroxyl groups is 2. The molecular formula is C39H49BN7O7S2. The maximum Gasteiger partial charge on any atom is 0.273 e. The molecule has 0 saturated carbocycles. The largest absolute Gasteiger partial charge is 0.390 e. The summed E-state index contributed by atoms with van der Waals surface area (Å²) in [5, 5.41) is 53.7. The van der Waals surface area contributed by atoms with Gasteiger partial charge in [-0.05, 0) is 81.1 Å². The number of aliphatic hydroxyl groups excluding tert-OH is 2. The number of piperidine rings is 2. The van der Waals surface area contributed by atoms with Crippen LogP contribution >= 0.6 is 22.7 Å². The van der Waals surface area contributed by atoms with Crippen molar-refractivity contribution in [2.75, 3.05) is 39.3 Å². The summed E-state index contributed by atoms with van der Waals surface area (Å²) in [6, 6.07) is 15.3. The Hall–Kier alpha value is -4.49. The molecule has 4 aromatic heterocycles. The summed E-state index contributed by atoms with van der Waals surface area (Å²) < 4.78 is 10.4. The van der Waals surface area contributed by atoms with Gasteiger partial charge in [-0.3, -0.25) is 9.59 Å². The topological polar surface area (TPSA) is 219 Å². The van der Waals surface area contributed by atoms with Crippen molar-refractivity contribution in [1.29, 1.82) is 10.5 Å². The number of nitrogens with one attached hydrogen (secondary N) is 2. The molecule has 0 aliphatic carbocycles. The zero-order valence-corrected chi connectivity index (χ0v) is 33.0. The molecule has 56 heavy (non-hydrogen) atoms. The molecule has 0 aromatic carbocycles. The number of thiophene rings is 2. The van der Waals surface area contributed by atoms with Gasteiger partial charge in [0, 0.05) is 53.0 Å². The highest BCUT2D eigenvalue weighted by molar-refractivity contribution is 7.13. The van der Waals surface area contributed by atoms with Gasteiger partial charge >= 0.3 is 0 Å². The smallest absolute Gasteiger partial charge is 0.273 e. The zero-order valence-electron chi connectivity index (χ0n) is 31.4. The van der Waals surface area contributed by atoms with Crippen LogP contribution in [0.3, 0.4) is 0 Å². The fourth-order valence-corrected chi connectivity index (χ4v) is 7.30. The predicted molar refractivity (Wildman–Crippen MR) is 214 cm³/mol. The van der Waals surface area contributed by atoms with Crippen LogP contribution in [-0.2, 0) is 4.79 Å². The van der Waals surface area contributed by atoms with E-state index in [1.54, 1.807) is 34.8 Å². The first-order valence-corrected chi connectivity index (χ1v) is 20.4. The molecule has 3 radical (unpaired) electrons. The van der Waals surface area contributed by atoms with E-state index in [1.165, 1.54) is 0 Å². The fraction of sp³-hybridized carbons (Fsp3) is 0.513. The Labute approximate surface area is 337 Å². The van der Waals surface area contributed by atoms with E-state index < -0.39 is 12.2 Å². The number of nitriles is 2. The molecule has 6 heterocycles. The summed E-state index contributed by atoms with van der Waals surface area (Å²) in [5.41, 5.74) is 0.687. The van der Waals surface area contributed by atoms with Crippen LogP contribution in [0.4, 0.5) is 0 Å². The lowest BCUT2D eigenvalue weighted by Crippen LogP contribution is -2.43. The lowest BCUT2D eigenvalue weighted by atomic mass is 9.95. The van der Waals surface area contributed by atoms with Gasteiger partial charge in [-0.15, -0.1) is 22.7 Å². The van der Waals surface area contributed by atoms with Crippen molar-refractivity contribution in [1.82, 2.24) is 25.8 Å². The second-order valence-corrected chi connectivity index (χ2v) is 15.2. The number of carbonyl (C=O) groups excluding carboxylic acids is 3. The number of β-amino-alcohol motifs (C(OH)–C–C–N with tert-alkyl or cyclic N) is 2. The summed E-state index contributed by atoms with van der Waals surface area (Å²) in [6.45, 7) is 4.38. The minimum Gasteiger partial charge on any atom is -0.390 e. The number of rotatable bonds is 16. The van der Waals surface area contributed by atoms with E-state index in [0.29, 0.717) is 55.4 Å². The fourth-order valence-electron chi connectivity index (χ4n) is 5.95. The first kappa shape index (κ1) is 45.9. The highest BCUT2D eigenvalue weighted by atomic mass is 32.1. The number of ketones is 1. The molecular weight excluding hydrogens is 753 g/mol. The van der Waals surface area contributed by atoms with Crippen molar-refractivity contribution in [3.8, 4) is 33.4 Å². The van der Waals surface area contributed by atoms with Gasteiger partial charge in [-0.1, -0.05) is 35.3 Å². The van der Waals surface area contributed by atoms with E-state index in [2.05, 4.69) is 38.0 Å². The van der Waals surface area contributed by atoms with Crippen molar-refractivity contribution >= 4 is 49.1 Å². The summed E-state index contributed by atoms with van der Waals surface area (Å²) in [7, 11) is 0. The Kier molecular flexibility index (Phi) is 21.0. The van der Waals surface area contributed by atoms with Gasteiger partial charge in [-0.2, -0.15) is 10.5 Å². The summed E-state index contributed by atoms with van der Waals surface area (Å²) in [4.78, 5) is 38.3. The van der Waals surface area contributed by atoms with Gasteiger partial charge < -0.3 is 39.6 Å². The molecule has 4 aromatic rings. The highest BCUT2D eigenvalue weighted by Gasteiger charge is 2.27. The quantitative estimate of drug-likeness (QED) is 0.0487. The van der Waals surface area contributed by atoms with Gasteiger partial charge in [0.15, 0.2) is 23.0 Å². The summed E-state index contributed by atoms with van der Waals surface area (Å²) in [6.07, 6.45) is 7.86. The standard InChI is InChI=1S/C19H24N4O3S.C14H15NO3S.C6H10N2O.B/c20-12-14-6-9-23(13-16(14)24)8-3-1-2-7-21-19(25)15-11-17(26-22-15)18-5-4-10-27-18;16-8-4-2-1-3-6-12(17)11-10-13(18-15-11)14-7-5-9-19-14;7-3-5-1-2-8-4-6(5)9;/h4-5,10-11,14,16,24H,1-3,6-9,13H2,(H,21,25);5,7-10H,1-4,6H2;5-6,8-9H,1-2,4H2;/t14-,16+;;5-,6+;/m1.1./s1. The first-order chi connectivity index (χ1) is 26.8. The Morgan fingerprint density at radius 3 is 2.14 bits per heavy atom. The molecule has 14 nitrogen and oxygen atoms in total. The highest BCUT2D eigenvalue weighted by Crippen LogP contribution is 2.26. The third-order valence-electron chi connectivity index (χ3n) is 9.18.